The minimum atomic E-state index is -0.674. The zero-order valence-electron chi connectivity index (χ0n) is 14.7. The zero-order chi connectivity index (χ0) is 17.9. The Labute approximate surface area is 142 Å². The van der Waals surface area contributed by atoms with E-state index < -0.39 is 17.6 Å². The molecule has 6 heteroatoms. The first kappa shape index (κ1) is 18.4. The summed E-state index contributed by atoms with van der Waals surface area (Å²) in [6, 6.07) is 5.32. The number of amides is 2. The van der Waals surface area contributed by atoms with Gasteiger partial charge in [0, 0.05) is 25.6 Å². The van der Waals surface area contributed by atoms with Crippen LogP contribution in [-0.2, 0) is 15.9 Å². The summed E-state index contributed by atoms with van der Waals surface area (Å²) in [6.07, 6.45) is 0.408. The minimum absolute atomic E-state index is 0.0478. The van der Waals surface area contributed by atoms with E-state index in [1.807, 2.05) is 6.07 Å². The van der Waals surface area contributed by atoms with Gasteiger partial charge >= 0.3 is 6.09 Å². The van der Waals surface area contributed by atoms with Crippen LogP contribution in [0.3, 0.4) is 0 Å². The molecule has 0 bridgehead atoms. The molecule has 1 aromatic carbocycles. The van der Waals surface area contributed by atoms with Gasteiger partial charge in [0.1, 0.15) is 5.60 Å². The molecule has 1 aliphatic heterocycles. The number of hydrogen-bond acceptors (Lipinski definition) is 5. The van der Waals surface area contributed by atoms with E-state index in [9.17, 15) is 9.59 Å². The Kier molecular flexibility index (Phi) is 5.62. The van der Waals surface area contributed by atoms with E-state index in [0.717, 1.165) is 16.0 Å². The number of fused-ring (bicyclic) bond motifs is 1. The van der Waals surface area contributed by atoms with Crippen LogP contribution in [0.25, 0.3) is 0 Å². The van der Waals surface area contributed by atoms with Crippen LogP contribution in [0.4, 0.5) is 4.79 Å². The van der Waals surface area contributed by atoms with E-state index in [4.69, 9.17) is 14.6 Å². The van der Waals surface area contributed by atoms with E-state index in [1.54, 1.807) is 32.9 Å². The summed E-state index contributed by atoms with van der Waals surface area (Å²) < 4.78 is 10.9. The Bertz CT molecular complexity index is 620. The number of aliphatic hydroxyl groups is 1. The van der Waals surface area contributed by atoms with Crippen LogP contribution in [0, 0.1) is 0 Å². The van der Waals surface area contributed by atoms with E-state index in [-0.39, 0.29) is 12.7 Å². The lowest BCUT2D eigenvalue weighted by Crippen LogP contribution is -2.38. The number of benzene rings is 1. The lowest BCUT2D eigenvalue weighted by Gasteiger charge is -2.27. The van der Waals surface area contributed by atoms with E-state index in [0.29, 0.717) is 25.0 Å². The van der Waals surface area contributed by atoms with Crippen LogP contribution in [0.1, 0.15) is 54.8 Å². The van der Waals surface area contributed by atoms with Crippen molar-refractivity contribution in [2.45, 2.75) is 45.3 Å². The van der Waals surface area contributed by atoms with Crippen molar-refractivity contribution in [3.8, 4) is 0 Å². The number of hydrogen-bond donors (Lipinski definition) is 1. The highest BCUT2D eigenvalue weighted by Gasteiger charge is 2.26. The fourth-order valence-electron chi connectivity index (χ4n) is 2.63. The van der Waals surface area contributed by atoms with Crippen molar-refractivity contribution < 1.29 is 24.2 Å². The van der Waals surface area contributed by atoms with Crippen LogP contribution >= 0.6 is 0 Å². The normalized spacial score (nSPS) is 17.1. The van der Waals surface area contributed by atoms with Crippen molar-refractivity contribution in [3.05, 3.63) is 34.9 Å². The molecule has 2 amide bonds. The summed E-state index contributed by atoms with van der Waals surface area (Å²) in [4.78, 5) is 25.5. The van der Waals surface area contributed by atoms with Crippen LogP contribution in [0.5, 0.6) is 0 Å². The second-order valence-electron chi connectivity index (χ2n) is 6.88. The molecule has 1 N–H and O–H groups in total. The summed E-state index contributed by atoms with van der Waals surface area (Å²) in [7, 11) is 1.41. The molecular weight excluding hydrogens is 310 g/mol. The first-order chi connectivity index (χ1) is 11.2. The standard InChI is InChI=1S/C18H25NO5/c1-18(2,3)24-17(22)19(4)16(21)13-5-6-14-12(11-13)8-10-23-15(14)7-9-20/h5-6,11,15,20H,7-10H2,1-4H3/t15-/m0/s1. The third-order valence-electron chi connectivity index (χ3n) is 3.79. The molecule has 0 aromatic heterocycles. The number of nitrogens with zero attached hydrogens (tertiary/aromatic N) is 1. The van der Waals surface area contributed by atoms with Crippen LogP contribution in [0.2, 0.25) is 0 Å². The Hall–Kier alpha value is -1.92. The molecule has 1 atom stereocenters. The summed E-state index contributed by atoms with van der Waals surface area (Å²) in [5, 5.41) is 9.12. The van der Waals surface area contributed by atoms with Crippen molar-refractivity contribution in [3.63, 3.8) is 0 Å². The molecule has 0 unspecified atom stereocenters. The largest absolute Gasteiger partial charge is 0.443 e. The molecule has 0 radical (unpaired) electrons. The number of carbonyl (C=O) groups excluding carboxylic acids is 2. The van der Waals surface area contributed by atoms with Gasteiger partial charge in [-0.3, -0.25) is 4.79 Å². The summed E-state index contributed by atoms with van der Waals surface area (Å²) in [5.74, 6) is -0.405. The van der Waals surface area contributed by atoms with Crippen molar-refractivity contribution in [2.75, 3.05) is 20.3 Å². The summed E-state index contributed by atoms with van der Waals surface area (Å²) >= 11 is 0. The predicted octanol–water partition coefficient (Wildman–Crippen LogP) is 2.69. The number of carbonyl (C=O) groups is 2. The third-order valence-corrected chi connectivity index (χ3v) is 3.79. The Morgan fingerprint density at radius 1 is 1.38 bits per heavy atom. The molecule has 24 heavy (non-hydrogen) atoms. The monoisotopic (exact) mass is 335 g/mol. The van der Waals surface area contributed by atoms with Gasteiger partial charge in [-0.2, -0.15) is 0 Å². The molecule has 0 aliphatic carbocycles. The molecule has 0 spiro atoms. The average molecular weight is 335 g/mol. The maximum Gasteiger partial charge on any atom is 0.417 e. The van der Waals surface area contributed by atoms with Crippen LogP contribution in [-0.4, -0.2) is 47.9 Å². The van der Waals surface area contributed by atoms with Gasteiger partial charge in [0.25, 0.3) is 5.91 Å². The minimum Gasteiger partial charge on any atom is -0.443 e. The van der Waals surface area contributed by atoms with Gasteiger partial charge in [-0.25, -0.2) is 9.69 Å². The summed E-state index contributed by atoms with van der Waals surface area (Å²) in [5.41, 5.74) is 1.79. The van der Waals surface area contributed by atoms with Crippen molar-refractivity contribution in [2.24, 2.45) is 0 Å². The van der Waals surface area contributed by atoms with Gasteiger partial charge in [-0.15, -0.1) is 0 Å². The Balaban J connectivity index is 2.17. The molecule has 6 nitrogen and oxygen atoms in total. The third kappa shape index (κ3) is 4.33. The van der Waals surface area contributed by atoms with E-state index in [2.05, 4.69) is 0 Å². The number of imide groups is 1. The van der Waals surface area contributed by atoms with Gasteiger partial charge in [0.05, 0.1) is 12.7 Å². The van der Waals surface area contributed by atoms with Crippen molar-refractivity contribution in [1.29, 1.82) is 0 Å². The molecule has 1 aromatic rings. The van der Waals surface area contributed by atoms with Crippen molar-refractivity contribution >= 4 is 12.0 Å². The highest BCUT2D eigenvalue weighted by Crippen LogP contribution is 2.30. The molecule has 0 fully saturated rings. The first-order valence-corrected chi connectivity index (χ1v) is 8.09. The smallest absolute Gasteiger partial charge is 0.417 e. The van der Waals surface area contributed by atoms with Gasteiger partial charge in [0.15, 0.2) is 0 Å². The average Bonchev–Trinajstić information content (AvgIpc) is 2.52. The number of ether oxygens (including phenoxy) is 2. The second kappa shape index (κ2) is 7.32. The molecule has 0 saturated carbocycles. The highest BCUT2D eigenvalue weighted by molar-refractivity contribution is 6.02. The second-order valence-corrected chi connectivity index (χ2v) is 6.88. The lowest BCUT2D eigenvalue weighted by atomic mass is 9.93. The van der Waals surface area contributed by atoms with E-state index in [1.165, 1.54) is 7.05 Å². The summed E-state index contributed by atoms with van der Waals surface area (Å²) in [6.45, 7) is 5.86. The first-order valence-electron chi connectivity index (χ1n) is 8.09. The lowest BCUT2D eigenvalue weighted by molar-refractivity contribution is 0.0247. The fraction of sp³-hybridized carbons (Fsp3) is 0.556. The molecular formula is C18H25NO5. The van der Waals surface area contributed by atoms with Crippen molar-refractivity contribution in [1.82, 2.24) is 4.90 Å². The zero-order valence-corrected chi connectivity index (χ0v) is 14.7. The van der Waals surface area contributed by atoms with Gasteiger partial charge in [0.2, 0.25) is 0 Å². The topological polar surface area (TPSA) is 76.1 Å². The molecule has 2 rings (SSSR count). The Morgan fingerprint density at radius 2 is 2.08 bits per heavy atom. The van der Waals surface area contributed by atoms with Crippen LogP contribution in [0.15, 0.2) is 18.2 Å². The molecule has 132 valence electrons. The van der Waals surface area contributed by atoms with Gasteiger partial charge in [-0.05, 0) is 50.5 Å². The SMILES string of the molecule is CN(C(=O)OC(C)(C)C)C(=O)c1ccc2c(c1)CCO[C@H]2CCO. The predicted molar refractivity (Wildman–Crippen MR) is 88.9 cm³/mol. The number of rotatable bonds is 3. The quantitative estimate of drug-likeness (QED) is 0.919. The maximum absolute atomic E-state index is 12.5. The maximum atomic E-state index is 12.5. The fourth-order valence-corrected chi connectivity index (χ4v) is 2.63. The van der Waals surface area contributed by atoms with Gasteiger partial charge in [-0.1, -0.05) is 6.07 Å². The van der Waals surface area contributed by atoms with Crippen LogP contribution < -0.4 is 0 Å². The number of aliphatic hydroxyl groups excluding tert-OH is 1. The Morgan fingerprint density at radius 3 is 2.71 bits per heavy atom. The van der Waals surface area contributed by atoms with Gasteiger partial charge < -0.3 is 14.6 Å². The molecule has 0 saturated heterocycles. The van der Waals surface area contributed by atoms with E-state index >= 15 is 0 Å². The highest BCUT2D eigenvalue weighted by atomic mass is 16.6. The molecule has 1 aliphatic rings. The molecule has 1 heterocycles.